The lowest BCUT2D eigenvalue weighted by Crippen LogP contribution is -2.51. The van der Waals surface area contributed by atoms with Crippen molar-refractivity contribution < 1.29 is 14.4 Å². The van der Waals surface area contributed by atoms with Crippen LogP contribution in [0.25, 0.3) is 0 Å². The van der Waals surface area contributed by atoms with Gasteiger partial charge in [-0.2, -0.15) is 0 Å². The van der Waals surface area contributed by atoms with Gasteiger partial charge in [-0.3, -0.25) is 24.3 Å². The van der Waals surface area contributed by atoms with E-state index < -0.39 is 5.92 Å². The zero-order valence-corrected chi connectivity index (χ0v) is 18.1. The summed E-state index contributed by atoms with van der Waals surface area (Å²) in [6.07, 6.45) is 5.16. The number of amides is 3. The average Bonchev–Trinajstić information content (AvgIpc) is 3.49. The fourth-order valence-electron chi connectivity index (χ4n) is 4.61. The Labute approximate surface area is 185 Å². The number of carbonyl (C=O) groups is 3. The average molecular weight is 439 g/mol. The number of fused-ring (bicyclic) bond motifs is 1. The number of imide groups is 1. The number of hydrogen-bond acceptors (Lipinski definition) is 6. The van der Waals surface area contributed by atoms with E-state index in [0.29, 0.717) is 23.7 Å². The first kappa shape index (κ1) is 20.3. The fraction of sp³-hybridized carbons (Fsp3) is 0.478. The molecule has 0 spiro atoms. The van der Waals surface area contributed by atoms with Crippen molar-refractivity contribution in [2.75, 3.05) is 19.6 Å². The number of piperidine rings is 1. The maximum atomic E-state index is 13.8. The highest BCUT2D eigenvalue weighted by molar-refractivity contribution is 7.12. The Hall–Kier alpha value is -2.58. The minimum Gasteiger partial charge on any atom is -0.332 e. The maximum absolute atomic E-state index is 13.8. The summed E-state index contributed by atoms with van der Waals surface area (Å²) in [6.45, 7) is 2.21. The van der Waals surface area contributed by atoms with E-state index in [9.17, 15) is 14.4 Å². The second-order valence-electron chi connectivity index (χ2n) is 8.58. The molecule has 8 heteroatoms. The smallest absolute Gasteiger partial charge is 0.264 e. The van der Waals surface area contributed by atoms with Gasteiger partial charge in [0.15, 0.2) is 0 Å². The topological polar surface area (TPSA) is 82.6 Å². The molecule has 1 aliphatic carbocycles. The van der Waals surface area contributed by atoms with Crippen molar-refractivity contribution in [3.05, 3.63) is 52.0 Å². The third kappa shape index (κ3) is 4.02. The van der Waals surface area contributed by atoms with E-state index in [1.165, 1.54) is 16.2 Å². The highest BCUT2D eigenvalue weighted by Crippen LogP contribution is 2.35. The van der Waals surface area contributed by atoms with Gasteiger partial charge in [-0.1, -0.05) is 12.1 Å². The molecule has 162 valence electrons. The molecule has 1 N–H and O–H groups in total. The molecule has 2 aliphatic heterocycles. The Balaban J connectivity index is 1.44. The third-order valence-electron chi connectivity index (χ3n) is 6.37. The van der Waals surface area contributed by atoms with Gasteiger partial charge < -0.3 is 10.2 Å². The number of hydrogen-bond donors (Lipinski definition) is 1. The molecule has 1 saturated heterocycles. The van der Waals surface area contributed by atoms with Gasteiger partial charge in [-0.05, 0) is 55.3 Å². The molecule has 3 aliphatic rings. The molecular weight excluding hydrogens is 412 g/mol. The number of nitrogens with zero attached hydrogens (tertiary/aromatic N) is 3. The first-order valence-corrected chi connectivity index (χ1v) is 11.9. The highest BCUT2D eigenvalue weighted by atomic mass is 32.1. The normalized spacial score (nSPS) is 23.2. The monoisotopic (exact) mass is 438 g/mol. The maximum Gasteiger partial charge on any atom is 0.264 e. The van der Waals surface area contributed by atoms with Crippen molar-refractivity contribution >= 4 is 29.1 Å². The summed E-state index contributed by atoms with van der Waals surface area (Å²) in [5.74, 6) is -1.13. The van der Waals surface area contributed by atoms with Crippen LogP contribution in [0.2, 0.25) is 0 Å². The Bertz CT molecular complexity index is 982. The van der Waals surface area contributed by atoms with E-state index in [1.54, 1.807) is 17.2 Å². The molecule has 2 fully saturated rings. The van der Waals surface area contributed by atoms with Crippen molar-refractivity contribution in [2.24, 2.45) is 5.92 Å². The molecule has 0 bridgehead atoms. The molecule has 4 heterocycles. The molecule has 1 saturated carbocycles. The first-order chi connectivity index (χ1) is 15.1. The summed E-state index contributed by atoms with van der Waals surface area (Å²) in [4.78, 5) is 48.6. The zero-order valence-electron chi connectivity index (χ0n) is 17.3. The lowest BCUT2D eigenvalue weighted by Gasteiger charge is -2.36. The van der Waals surface area contributed by atoms with E-state index in [2.05, 4.69) is 10.3 Å². The number of carbonyl (C=O) groups excluding carboxylic acids is 3. The van der Waals surface area contributed by atoms with Gasteiger partial charge in [0.05, 0.1) is 22.4 Å². The van der Waals surface area contributed by atoms with Gasteiger partial charge in [-0.25, -0.2) is 0 Å². The number of rotatable bonds is 4. The molecule has 2 unspecified atom stereocenters. The van der Waals surface area contributed by atoms with Crippen LogP contribution in [-0.2, 0) is 16.1 Å². The van der Waals surface area contributed by atoms with E-state index in [1.807, 2.05) is 23.6 Å². The molecular formula is C23H26N4O3S. The summed E-state index contributed by atoms with van der Waals surface area (Å²) in [6, 6.07) is 7.39. The summed E-state index contributed by atoms with van der Waals surface area (Å²) >= 11 is 1.40. The van der Waals surface area contributed by atoms with Crippen molar-refractivity contribution in [2.45, 2.75) is 44.2 Å². The summed E-state index contributed by atoms with van der Waals surface area (Å²) in [5.41, 5.74) is 1.57. The molecule has 2 aromatic heterocycles. The van der Waals surface area contributed by atoms with Crippen molar-refractivity contribution in [1.82, 2.24) is 20.1 Å². The molecule has 31 heavy (non-hydrogen) atoms. The quantitative estimate of drug-likeness (QED) is 0.742. The van der Waals surface area contributed by atoms with Crippen molar-refractivity contribution in [3.8, 4) is 0 Å². The van der Waals surface area contributed by atoms with E-state index >= 15 is 0 Å². The van der Waals surface area contributed by atoms with Gasteiger partial charge in [0.2, 0.25) is 11.8 Å². The Morgan fingerprint density at radius 3 is 2.71 bits per heavy atom. The van der Waals surface area contributed by atoms with Crippen LogP contribution in [0.15, 0.2) is 35.8 Å². The molecule has 2 aromatic rings. The van der Waals surface area contributed by atoms with Gasteiger partial charge in [0, 0.05) is 31.9 Å². The van der Waals surface area contributed by atoms with E-state index in [4.69, 9.17) is 0 Å². The molecule has 2 atom stereocenters. The molecule has 7 nitrogen and oxygen atoms in total. The van der Waals surface area contributed by atoms with Gasteiger partial charge in [0.25, 0.3) is 5.91 Å². The van der Waals surface area contributed by atoms with Gasteiger partial charge in [-0.15, -0.1) is 11.3 Å². The number of pyridine rings is 1. The standard InChI is InChI=1S/C23H26N4O3S/c28-21(15-4-1-9-24-12-15)27(17-7-8-17)22(29)18-14-26(23(30)19-6-3-11-31-19)13-16-5-2-10-25-20(16)18/h2-3,5-6,10-11,15,17-18,24H,1,4,7-9,12-14H2. The van der Waals surface area contributed by atoms with Crippen LogP contribution < -0.4 is 5.32 Å². The number of aromatic nitrogens is 1. The van der Waals surface area contributed by atoms with Crippen LogP contribution in [0, 0.1) is 5.92 Å². The summed E-state index contributed by atoms with van der Waals surface area (Å²) < 4.78 is 0. The van der Waals surface area contributed by atoms with Crippen LogP contribution in [0.5, 0.6) is 0 Å². The first-order valence-electron chi connectivity index (χ1n) is 11.0. The largest absolute Gasteiger partial charge is 0.332 e. The second kappa shape index (κ2) is 8.51. The van der Waals surface area contributed by atoms with Crippen LogP contribution in [0.4, 0.5) is 0 Å². The third-order valence-corrected chi connectivity index (χ3v) is 7.23. The Morgan fingerprint density at radius 2 is 2.00 bits per heavy atom. The van der Waals surface area contributed by atoms with Gasteiger partial charge in [0.1, 0.15) is 0 Å². The number of thiophene rings is 1. The predicted molar refractivity (Wildman–Crippen MR) is 117 cm³/mol. The van der Waals surface area contributed by atoms with Crippen LogP contribution in [0.3, 0.4) is 0 Å². The van der Waals surface area contributed by atoms with Crippen LogP contribution in [-0.4, -0.2) is 58.2 Å². The van der Waals surface area contributed by atoms with Crippen molar-refractivity contribution in [3.63, 3.8) is 0 Å². The SMILES string of the molecule is O=C(c1cccs1)N1Cc2cccnc2C(C(=O)N(C(=O)C2CCCNC2)C2CC2)C1. The zero-order chi connectivity index (χ0) is 21.4. The van der Waals surface area contributed by atoms with Crippen LogP contribution >= 0.6 is 11.3 Å². The molecule has 3 amide bonds. The summed E-state index contributed by atoms with van der Waals surface area (Å²) in [7, 11) is 0. The number of nitrogens with one attached hydrogen (secondary N) is 1. The minimum absolute atomic E-state index is 0.0162. The predicted octanol–water partition coefficient (Wildman–Crippen LogP) is 2.40. The fourth-order valence-corrected chi connectivity index (χ4v) is 5.30. The Morgan fingerprint density at radius 1 is 1.13 bits per heavy atom. The Kier molecular flexibility index (Phi) is 5.58. The van der Waals surface area contributed by atoms with E-state index in [-0.39, 0.29) is 36.2 Å². The van der Waals surface area contributed by atoms with Crippen molar-refractivity contribution in [1.29, 1.82) is 0 Å². The van der Waals surface area contributed by atoms with Gasteiger partial charge >= 0.3 is 0 Å². The van der Waals surface area contributed by atoms with Crippen LogP contribution in [0.1, 0.15) is 52.5 Å². The van der Waals surface area contributed by atoms with E-state index in [0.717, 1.165) is 37.8 Å². The molecule has 0 aromatic carbocycles. The molecule has 5 rings (SSSR count). The highest BCUT2D eigenvalue weighted by Gasteiger charge is 2.45. The summed E-state index contributed by atoms with van der Waals surface area (Å²) in [5, 5.41) is 5.15. The molecule has 0 radical (unpaired) electrons. The lowest BCUT2D eigenvalue weighted by molar-refractivity contribution is -0.149. The minimum atomic E-state index is -0.616. The lowest BCUT2D eigenvalue weighted by atomic mass is 9.91. The second-order valence-corrected chi connectivity index (χ2v) is 9.53.